The van der Waals surface area contributed by atoms with Crippen LogP contribution in [0.3, 0.4) is 0 Å². The Morgan fingerprint density at radius 3 is 1.64 bits per heavy atom. The van der Waals surface area contributed by atoms with E-state index in [1.54, 1.807) is 6.92 Å². The fraction of sp³-hybridized carbons (Fsp3) is 0.143. The maximum atomic E-state index is 13.6. The van der Waals surface area contributed by atoms with Crippen molar-refractivity contribution in [3.05, 3.63) is 88.7 Å². The van der Waals surface area contributed by atoms with Gasteiger partial charge in [0.25, 0.3) is 5.91 Å². The largest absolute Gasteiger partial charge is 0.478 e. The molecular formula is C28H18F6N8O5. The molecule has 0 aliphatic rings. The molecule has 5 rings (SSSR count). The number of carboxylic acid groups (broad SMARTS) is 2. The molecule has 3 N–H and O–H groups in total. The number of hydrogen-bond acceptors (Lipinski definition) is 8. The number of carboxylic acids is 2. The van der Waals surface area contributed by atoms with E-state index in [1.165, 1.54) is 18.3 Å². The molecule has 0 saturated carbocycles. The zero-order valence-electron chi connectivity index (χ0n) is 23.5. The van der Waals surface area contributed by atoms with Crippen molar-refractivity contribution in [3.63, 3.8) is 0 Å². The Morgan fingerprint density at radius 1 is 0.702 bits per heavy atom. The molecule has 47 heavy (non-hydrogen) atoms. The van der Waals surface area contributed by atoms with E-state index < -0.39 is 52.5 Å². The lowest BCUT2D eigenvalue weighted by Gasteiger charge is -2.12. The molecule has 0 spiro atoms. The summed E-state index contributed by atoms with van der Waals surface area (Å²) in [7, 11) is 0. The topological polar surface area (TPSA) is 178 Å². The van der Waals surface area contributed by atoms with Crippen molar-refractivity contribution in [1.29, 1.82) is 0 Å². The summed E-state index contributed by atoms with van der Waals surface area (Å²) in [5.74, 6) is -4.16. The Kier molecular flexibility index (Phi) is 8.23. The van der Waals surface area contributed by atoms with Crippen molar-refractivity contribution in [3.8, 4) is 34.2 Å². The number of amides is 1. The number of carbonyl (C=O) groups is 3. The van der Waals surface area contributed by atoms with E-state index in [2.05, 4.69) is 30.9 Å². The minimum atomic E-state index is -5.00. The second kappa shape index (κ2) is 12.0. The summed E-state index contributed by atoms with van der Waals surface area (Å²) in [5.41, 5.74) is -5.29. The Balaban J connectivity index is 1.56. The van der Waals surface area contributed by atoms with Crippen LogP contribution in [0.4, 0.5) is 26.3 Å². The molecule has 0 aliphatic carbocycles. The summed E-state index contributed by atoms with van der Waals surface area (Å²) >= 11 is 0. The van der Waals surface area contributed by atoms with Crippen LogP contribution in [-0.2, 0) is 12.4 Å². The number of halogens is 6. The molecule has 13 nitrogen and oxygen atoms in total. The van der Waals surface area contributed by atoms with Crippen LogP contribution in [0.2, 0.25) is 0 Å². The molecule has 0 radical (unpaired) electrons. The quantitative estimate of drug-likeness (QED) is 0.197. The highest BCUT2D eigenvalue weighted by Crippen LogP contribution is 2.35. The SMILES string of the molecule is CCNC(=O)c1ccc(-c2cn(-c3ccc(C(=O)O)c(C(F)(F)F)c3)nn2)nc1-c1cn(-c2ccc(C(=O)O)c(C(F)(F)F)c2)nn1. The van der Waals surface area contributed by atoms with Crippen molar-refractivity contribution < 1.29 is 50.9 Å². The minimum Gasteiger partial charge on any atom is -0.478 e. The fourth-order valence-electron chi connectivity index (χ4n) is 4.43. The summed E-state index contributed by atoms with van der Waals surface area (Å²) in [6.45, 7) is 1.87. The lowest BCUT2D eigenvalue weighted by molar-refractivity contribution is -0.138. The van der Waals surface area contributed by atoms with E-state index in [-0.39, 0.29) is 46.3 Å². The second-order valence-corrected chi connectivity index (χ2v) is 9.61. The Bertz CT molecular complexity index is 2040. The first-order valence-electron chi connectivity index (χ1n) is 13.1. The smallest absolute Gasteiger partial charge is 0.417 e. The first-order valence-corrected chi connectivity index (χ1v) is 13.1. The van der Waals surface area contributed by atoms with E-state index in [9.17, 15) is 45.8 Å². The summed E-state index contributed by atoms with van der Waals surface area (Å²) in [6, 6.07) is 7.57. The summed E-state index contributed by atoms with van der Waals surface area (Å²) in [4.78, 5) is 39.9. The molecule has 3 heterocycles. The van der Waals surface area contributed by atoms with Gasteiger partial charge in [0.15, 0.2) is 0 Å². The van der Waals surface area contributed by atoms with Gasteiger partial charge in [-0.3, -0.25) is 4.79 Å². The van der Waals surface area contributed by atoms with E-state index in [0.29, 0.717) is 12.1 Å². The highest BCUT2D eigenvalue weighted by molar-refractivity contribution is 6.00. The lowest BCUT2D eigenvalue weighted by Crippen LogP contribution is -2.23. The van der Waals surface area contributed by atoms with Gasteiger partial charge in [-0.15, -0.1) is 10.2 Å². The number of benzene rings is 2. The monoisotopic (exact) mass is 660 g/mol. The average molecular weight is 660 g/mol. The second-order valence-electron chi connectivity index (χ2n) is 9.61. The number of nitrogens with one attached hydrogen (secondary N) is 1. The Morgan fingerprint density at radius 2 is 1.17 bits per heavy atom. The first kappa shape index (κ1) is 32.3. The lowest BCUT2D eigenvalue weighted by atomic mass is 10.1. The van der Waals surface area contributed by atoms with Gasteiger partial charge in [0.05, 0.1) is 57.3 Å². The number of alkyl halides is 6. The number of nitrogens with zero attached hydrogens (tertiary/aromatic N) is 7. The maximum Gasteiger partial charge on any atom is 0.417 e. The van der Waals surface area contributed by atoms with Crippen LogP contribution >= 0.6 is 0 Å². The van der Waals surface area contributed by atoms with E-state index in [1.807, 2.05) is 0 Å². The molecule has 5 aromatic rings. The van der Waals surface area contributed by atoms with Crippen LogP contribution in [0.25, 0.3) is 34.2 Å². The number of aromatic nitrogens is 7. The zero-order valence-corrected chi connectivity index (χ0v) is 23.5. The Labute approximate surface area is 258 Å². The molecule has 0 bridgehead atoms. The van der Waals surface area contributed by atoms with Crippen LogP contribution in [0.1, 0.15) is 49.1 Å². The van der Waals surface area contributed by atoms with Crippen LogP contribution in [-0.4, -0.2) is 69.6 Å². The van der Waals surface area contributed by atoms with Crippen LogP contribution < -0.4 is 5.32 Å². The van der Waals surface area contributed by atoms with Crippen molar-refractivity contribution >= 4 is 17.8 Å². The van der Waals surface area contributed by atoms with E-state index in [4.69, 9.17) is 5.11 Å². The molecule has 0 saturated heterocycles. The van der Waals surface area contributed by atoms with Crippen LogP contribution in [0.5, 0.6) is 0 Å². The molecule has 2 aromatic carbocycles. The summed E-state index contributed by atoms with van der Waals surface area (Å²) in [6.07, 6.45) is -7.63. The third-order valence-electron chi connectivity index (χ3n) is 6.58. The highest BCUT2D eigenvalue weighted by Gasteiger charge is 2.37. The number of aromatic carboxylic acids is 2. The van der Waals surface area contributed by atoms with E-state index in [0.717, 1.165) is 39.8 Å². The summed E-state index contributed by atoms with van der Waals surface area (Å²) in [5, 5.41) is 36.4. The predicted molar refractivity (Wildman–Crippen MR) is 147 cm³/mol. The minimum absolute atomic E-state index is 0.0102. The predicted octanol–water partition coefficient (Wildman–Crippen LogP) is 4.76. The molecular weight excluding hydrogens is 642 g/mol. The zero-order chi connectivity index (χ0) is 34.3. The van der Waals surface area contributed by atoms with Gasteiger partial charge < -0.3 is 15.5 Å². The fourth-order valence-corrected chi connectivity index (χ4v) is 4.43. The van der Waals surface area contributed by atoms with Gasteiger partial charge in [0.2, 0.25) is 0 Å². The number of pyridine rings is 1. The van der Waals surface area contributed by atoms with Gasteiger partial charge in [-0.25, -0.2) is 23.9 Å². The molecule has 3 aromatic heterocycles. The van der Waals surface area contributed by atoms with Gasteiger partial charge in [-0.1, -0.05) is 10.4 Å². The maximum absolute atomic E-state index is 13.6. The van der Waals surface area contributed by atoms with Gasteiger partial charge >= 0.3 is 24.3 Å². The molecule has 0 aliphatic heterocycles. The van der Waals surface area contributed by atoms with Crippen molar-refractivity contribution in [2.45, 2.75) is 19.3 Å². The highest BCUT2D eigenvalue weighted by atomic mass is 19.4. The van der Waals surface area contributed by atoms with Gasteiger partial charge in [0.1, 0.15) is 17.1 Å². The van der Waals surface area contributed by atoms with Gasteiger partial charge in [-0.05, 0) is 55.5 Å². The molecule has 242 valence electrons. The number of carbonyl (C=O) groups excluding carboxylic acids is 1. The van der Waals surface area contributed by atoms with Crippen molar-refractivity contribution in [1.82, 2.24) is 40.3 Å². The molecule has 19 heteroatoms. The molecule has 1 amide bonds. The summed E-state index contributed by atoms with van der Waals surface area (Å²) < 4.78 is 83.2. The molecule has 0 atom stereocenters. The third kappa shape index (κ3) is 6.49. The van der Waals surface area contributed by atoms with Crippen molar-refractivity contribution in [2.24, 2.45) is 0 Å². The molecule has 0 unspecified atom stereocenters. The normalized spacial score (nSPS) is 11.8. The van der Waals surface area contributed by atoms with Crippen LogP contribution in [0, 0.1) is 0 Å². The van der Waals surface area contributed by atoms with Crippen LogP contribution in [0.15, 0.2) is 60.9 Å². The molecule has 0 fully saturated rings. The van der Waals surface area contributed by atoms with Gasteiger partial charge in [0, 0.05) is 6.54 Å². The number of rotatable bonds is 8. The van der Waals surface area contributed by atoms with Crippen molar-refractivity contribution in [2.75, 3.05) is 6.54 Å². The average Bonchev–Trinajstić information content (AvgIpc) is 3.70. The van der Waals surface area contributed by atoms with E-state index >= 15 is 0 Å². The standard InChI is InChI=1S/C28H18F6N8O5/c1-2-35-24(43)17-7-8-20(21-11-41(39-37-21)13-3-5-15(25(44)45)18(9-13)27(29,30)31)36-23(17)22-12-42(40-38-22)14-4-6-16(26(46)47)19(10-14)28(32,33)34/h3-12H,2H2,1H3,(H,35,43)(H,44,45)(H,46,47). The first-order chi connectivity index (χ1) is 22.1. The van der Waals surface area contributed by atoms with Gasteiger partial charge in [-0.2, -0.15) is 26.3 Å². The number of hydrogen-bond donors (Lipinski definition) is 3. The third-order valence-corrected chi connectivity index (χ3v) is 6.58. The Hall–Kier alpha value is -6.14.